The lowest BCUT2D eigenvalue weighted by molar-refractivity contribution is 0.328. The fraction of sp³-hybridized carbons (Fsp3) is 0.750. The van der Waals surface area contributed by atoms with Gasteiger partial charge in [-0.25, -0.2) is 0 Å². The number of nitrogens with zero attached hydrogens (tertiary/aromatic N) is 2. The molecule has 1 aromatic heterocycles. The van der Waals surface area contributed by atoms with Crippen LogP contribution in [0, 0.1) is 0 Å². The summed E-state index contributed by atoms with van der Waals surface area (Å²) in [7, 11) is 0. The van der Waals surface area contributed by atoms with Crippen LogP contribution < -0.4 is 11.1 Å². The Bertz CT molecular complexity index is 302. The Hall–Kier alpha value is -0.870. The van der Waals surface area contributed by atoms with Crippen molar-refractivity contribution in [3.63, 3.8) is 0 Å². The highest BCUT2D eigenvalue weighted by Gasteiger charge is 2.15. The number of hydrogen-bond donors (Lipinski definition) is 2. The van der Waals surface area contributed by atoms with Crippen molar-refractivity contribution < 1.29 is 0 Å². The summed E-state index contributed by atoms with van der Waals surface area (Å²) in [5, 5.41) is 7.89. The maximum Gasteiger partial charge on any atom is 0.0762 e. The third-order valence-electron chi connectivity index (χ3n) is 3.24. The minimum absolute atomic E-state index is 0.636. The molecule has 0 saturated heterocycles. The van der Waals surface area contributed by atoms with Crippen molar-refractivity contribution in [1.29, 1.82) is 0 Å². The second kappa shape index (κ2) is 6.01. The van der Waals surface area contributed by atoms with Crippen molar-refractivity contribution in [2.45, 2.75) is 44.7 Å². The zero-order valence-corrected chi connectivity index (χ0v) is 9.86. The number of rotatable bonds is 5. The van der Waals surface area contributed by atoms with Crippen LogP contribution in [0.4, 0.5) is 0 Å². The van der Waals surface area contributed by atoms with Gasteiger partial charge in [0.25, 0.3) is 0 Å². The van der Waals surface area contributed by atoms with Gasteiger partial charge < -0.3 is 11.1 Å². The highest BCUT2D eigenvalue weighted by atomic mass is 15.3. The van der Waals surface area contributed by atoms with Gasteiger partial charge >= 0.3 is 0 Å². The minimum atomic E-state index is 0.636. The molecule has 1 aromatic rings. The van der Waals surface area contributed by atoms with Gasteiger partial charge in [0.2, 0.25) is 0 Å². The van der Waals surface area contributed by atoms with Gasteiger partial charge in [-0.15, -0.1) is 0 Å². The zero-order chi connectivity index (χ0) is 11.2. The summed E-state index contributed by atoms with van der Waals surface area (Å²) in [6.07, 6.45) is 8.80. The molecule has 16 heavy (non-hydrogen) atoms. The Morgan fingerprint density at radius 2 is 2.19 bits per heavy atom. The van der Waals surface area contributed by atoms with Crippen LogP contribution in [0.1, 0.15) is 43.8 Å². The van der Waals surface area contributed by atoms with E-state index in [2.05, 4.69) is 27.4 Å². The van der Waals surface area contributed by atoms with E-state index in [1.54, 1.807) is 0 Å². The summed E-state index contributed by atoms with van der Waals surface area (Å²) < 4.78 is 2.15. The van der Waals surface area contributed by atoms with Crippen molar-refractivity contribution in [3.8, 4) is 0 Å². The summed E-state index contributed by atoms with van der Waals surface area (Å²) in [4.78, 5) is 0. The first kappa shape index (κ1) is 11.6. The maximum absolute atomic E-state index is 5.43. The standard InChI is InChI=1S/C12H22N4/c13-7-8-14-10-11-6-9-16(15-11)12-4-2-1-3-5-12/h6,9,12,14H,1-5,7-8,10,13H2. The molecule has 90 valence electrons. The molecule has 0 atom stereocenters. The number of nitrogens with one attached hydrogen (secondary N) is 1. The summed E-state index contributed by atoms with van der Waals surface area (Å²) in [5.74, 6) is 0. The number of hydrogen-bond acceptors (Lipinski definition) is 3. The predicted octanol–water partition coefficient (Wildman–Crippen LogP) is 1.44. The van der Waals surface area contributed by atoms with E-state index in [-0.39, 0.29) is 0 Å². The van der Waals surface area contributed by atoms with Gasteiger partial charge in [-0.3, -0.25) is 4.68 Å². The smallest absolute Gasteiger partial charge is 0.0762 e. The third-order valence-corrected chi connectivity index (χ3v) is 3.24. The molecule has 0 aromatic carbocycles. The molecule has 1 aliphatic carbocycles. The van der Waals surface area contributed by atoms with Gasteiger partial charge in [0, 0.05) is 25.8 Å². The average Bonchev–Trinajstić information content (AvgIpc) is 2.79. The van der Waals surface area contributed by atoms with Gasteiger partial charge in [-0.05, 0) is 18.9 Å². The van der Waals surface area contributed by atoms with E-state index in [4.69, 9.17) is 5.73 Å². The summed E-state index contributed by atoms with van der Waals surface area (Å²) in [6, 6.07) is 2.75. The van der Waals surface area contributed by atoms with Crippen LogP contribution in [0.5, 0.6) is 0 Å². The van der Waals surface area contributed by atoms with E-state index >= 15 is 0 Å². The van der Waals surface area contributed by atoms with Gasteiger partial charge in [0.1, 0.15) is 0 Å². The van der Waals surface area contributed by atoms with E-state index in [1.807, 2.05) is 0 Å². The van der Waals surface area contributed by atoms with Crippen LogP contribution >= 0.6 is 0 Å². The first-order chi connectivity index (χ1) is 7.90. The molecule has 0 aliphatic heterocycles. The van der Waals surface area contributed by atoms with Crippen molar-refractivity contribution in [2.75, 3.05) is 13.1 Å². The average molecular weight is 222 g/mol. The summed E-state index contributed by atoms with van der Waals surface area (Å²) in [5.41, 5.74) is 6.55. The van der Waals surface area contributed by atoms with Crippen LogP contribution in [0.15, 0.2) is 12.3 Å². The highest BCUT2D eigenvalue weighted by Crippen LogP contribution is 2.27. The molecule has 4 nitrogen and oxygen atoms in total. The van der Waals surface area contributed by atoms with E-state index in [1.165, 1.54) is 32.1 Å². The van der Waals surface area contributed by atoms with Gasteiger partial charge in [0.05, 0.1) is 11.7 Å². The number of nitrogens with two attached hydrogens (primary N) is 1. The lowest BCUT2D eigenvalue weighted by atomic mass is 9.96. The molecule has 0 amide bonds. The van der Waals surface area contributed by atoms with Gasteiger partial charge in [0.15, 0.2) is 0 Å². The topological polar surface area (TPSA) is 55.9 Å². The molecular formula is C12H22N4. The lowest BCUT2D eigenvalue weighted by Gasteiger charge is -2.21. The molecule has 1 saturated carbocycles. The van der Waals surface area contributed by atoms with E-state index in [9.17, 15) is 0 Å². The highest BCUT2D eigenvalue weighted by molar-refractivity contribution is 4.99. The maximum atomic E-state index is 5.43. The summed E-state index contributed by atoms with van der Waals surface area (Å²) >= 11 is 0. The fourth-order valence-corrected chi connectivity index (χ4v) is 2.34. The first-order valence-corrected chi connectivity index (χ1v) is 6.35. The van der Waals surface area contributed by atoms with Crippen LogP contribution in [-0.2, 0) is 6.54 Å². The van der Waals surface area contributed by atoms with Crippen molar-refractivity contribution in [1.82, 2.24) is 15.1 Å². The van der Waals surface area contributed by atoms with E-state index in [0.717, 1.165) is 18.8 Å². The molecule has 1 aliphatic rings. The van der Waals surface area contributed by atoms with Crippen LogP contribution in [0.3, 0.4) is 0 Å². The SMILES string of the molecule is NCCNCc1ccn(C2CCCCC2)n1. The summed E-state index contributed by atoms with van der Waals surface area (Å²) in [6.45, 7) is 2.37. The second-order valence-electron chi connectivity index (χ2n) is 4.54. The van der Waals surface area contributed by atoms with Crippen molar-refractivity contribution >= 4 is 0 Å². The molecule has 0 radical (unpaired) electrons. The molecular weight excluding hydrogens is 200 g/mol. The van der Waals surface area contributed by atoms with Crippen LogP contribution in [0.25, 0.3) is 0 Å². The molecule has 1 heterocycles. The zero-order valence-electron chi connectivity index (χ0n) is 9.86. The van der Waals surface area contributed by atoms with Crippen LogP contribution in [-0.4, -0.2) is 22.9 Å². The Morgan fingerprint density at radius 1 is 1.38 bits per heavy atom. The van der Waals surface area contributed by atoms with Crippen molar-refractivity contribution in [3.05, 3.63) is 18.0 Å². The molecule has 0 spiro atoms. The Labute approximate surface area is 97.2 Å². The van der Waals surface area contributed by atoms with Crippen molar-refractivity contribution in [2.24, 2.45) is 5.73 Å². The largest absolute Gasteiger partial charge is 0.329 e. The quantitative estimate of drug-likeness (QED) is 0.741. The van der Waals surface area contributed by atoms with E-state index in [0.29, 0.717) is 12.6 Å². The fourth-order valence-electron chi connectivity index (χ4n) is 2.34. The van der Waals surface area contributed by atoms with Gasteiger partial charge in [-0.1, -0.05) is 19.3 Å². The Balaban J connectivity index is 1.85. The molecule has 0 unspecified atom stereocenters. The van der Waals surface area contributed by atoms with Crippen LogP contribution in [0.2, 0.25) is 0 Å². The monoisotopic (exact) mass is 222 g/mol. The second-order valence-corrected chi connectivity index (χ2v) is 4.54. The number of aromatic nitrogens is 2. The van der Waals surface area contributed by atoms with E-state index < -0.39 is 0 Å². The Kier molecular flexibility index (Phi) is 4.36. The molecule has 3 N–H and O–H groups in total. The predicted molar refractivity (Wildman–Crippen MR) is 65.1 cm³/mol. The lowest BCUT2D eigenvalue weighted by Crippen LogP contribution is -2.22. The third kappa shape index (κ3) is 3.06. The minimum Gasteiger partial charge on any atom is -0.329 e. The molecule has 4 heteroatoms. The first-order valence-electron chi connectivity index (χ1n) is 6.35. The molecule has 0 bridgehead atoms. The Morgan fingerprint density at radius 3 is 2.94 bits per heavy atom. The molecule has 2 rings (SSSR count). The molecule has 1 fully saturated rings. The normalized spacial score (nSPS) is 17.8. The van der Waals surface area contributed by atoms with Gasteiger partial charge in [-0.2, -0.15) is 5.10 Å².